The van der Waals surface area contributed by atoms with E-state index in [9.17, 15) is 19.5 Å². The van der Waals surface area contributed by atoms with Gasteiger partial charge in [0.1, 0.15) is 0 Å². The van der Waals surface area contributed by atoms with E-state index >= 15 is 0 Å². The van der Waals surface area contributed by atoms with Crippen LogP contribution < -0.4 is 10.6 Å². The summed E-state index contributed by atoms with van der Waals surface area (Å²) in [6, 6.07) is 10.9. The van der Waals surface area contributed by atoms with Crippen molar-refractivity contribution in [2.75, 3.05) is 13.7 Å². The Morgan fingerprint density at radius 3 is 2.42 bits per heavy atom. The van der Waals surface area contributed by atoms with Gasteiger partial charge in [0, 0.05) is 18.3 Å². The maximum atomic E-state index is 14.8. The Balaban J connectivity index is 1.06. The number of aromatic nitrogens is 1. The lowest BCUT2D eigenvalue weighted by molar-refractivity contribution is -0.246. The Hall–Kier alpha value is -4.03. The third kappa shape index (κ3) is 6.72. The Morgan fingerprint density at radius 1 is 0.912 bits per heavy atom. The van der Waals surface area contributed by atoms with E-state index in [0.29, 0.717) is 47.5 Å². The molecular weight excluding hydrogens is 713 g/mol. The van der Waals surface area contributed by atoms with Gasteiger partial charge in [0.2, 0.25) is 5.91 Å². The molecule has 5 saturated carbocycles. The van der Waals surface area contributed by atoms with Gasteiger partial charge in [-0.1, -0.05) is 59.2 Å². The molecule has 1 heterocycles. The van der Waals surface area contributed by atoms with Crippen LogP contribution in [0.2, 0.25) is 0 Å². The number of aliphatic hydroxyl groups is 1. The zero-order valence-corrected chi connectivity index (χ0v) is 35.2. The average Bonchev–Trinajstić information content (AvgIpc) is 3.60. The monoisotopic (exact) mass is 776 g/mol. The molecule has 0 radical (unpaired) electrons. The summed E-state index contributed by atoms with van der Waals surface area (Å²) >= 11 is 0. The van der Waals surface area contributed by atoms with Crippen molar-refractivity contribution in [1.82, 2.24) is 15.6 Å². The molecule has 5 unspecified atom stereocenters. The number of methoxy groups -OCH3 is 1. The van der Waals surface area contributed by atoms with Gasteiger partial charge in [-0.25, -0.2) is 9.64 Å². The fraction of sp³-hybridized carbons (Fsp3) is 0.646. The largest absolute Gasteiger partial charge is 0.465 e. The number of carbonyl (C=O) groups excluding carboxylic acids is 3. The van der Waals surface area contributed by atoms with Crippen molar-refractivity contribution in [2.45, 2.75) is 125 Å². The van der Waals surface area contributed by atoms with E-state index in [0.717, 1.165) is 62.5 Å². The van der Waals surface area contributed by atoms with Gasteiger partial charge in [0.05, 0.1) is 43.0 Å². The molecule has 57 heavy (non-hydrogen) atoms. The van der Waals surface area contributed by atoms with Crippen LogP contribution in [0.5, 0.6) is 0 Å². The smallest absolute Gasteiger partial charge is 0.339 e. The Bertz CT molecular complexity index is 1950. The number of benzene rings is 1. The molecule has 0 aliphatic heterocycles. The van der Waals surface area contributed by atoms with Crippen molar-refractivity contribution >= 4 is 17.8 Å². The van der Waals surface area contributed by atoms with Crippen LogP contribution in [-0.2, 0) is 22.5 Å². The molecule has 0 saturated heterocycles. The SMILES string of the molecule is [C-]#[N+]/C=C(\C)C1CC[C@]2(C(=O)NCCc3cccc(C(=O)NCc4ccc(C(=O)OC)cn4)c3)CC[C@]3(C)C(CCC4[C@@]5(C)CC[C@H](O)C(C)(C)C5CC[C@]43C)C12. The first-order valence-electron chi connectivity index (χ1n) is 21.5. The highest BCUT2D eigenvalue weighted by atomic mass is 16.5. The number of ether oxygens (including phenoxy) is 1. The third-order valence-electron chi connectivity index (χ3n) is 17.3. The molecule has 10 atom stereocenters. The first-order valence-corrected chi connectivity index (χ1v) is 21.5. The van der Waals surface area contributed by atoms with E-state index in [1.54, 1.807) is 24.4 Å². The molecule has 5 fully saturated rings. The van der Waals surface area contributed by atoms with Gasteiger partial charge in [-0.15, -0.1) is 0 Å². The first kappa shape index (κ1) is 41.1. The number of rotatable bonds is 9. The van der Waals surface area contributed by atoms with Crippen LogP contribution in [0.3, 0.4) is 0 Å². The van der Waals surface area contributed by atoms with E-state index < -0.39 is 11.4 Å². The van der Waals surface area contributed by atoms with Gasteiger partial charge in [-0.3, -0.25) is 14.6 Å². The number of carbonyl (C=O) groups is 3. The zero-order valence-electron chi connectivity index (χ0n) is 35.2. The molecule has 7 rings (SSSR count). The molecule has 2 amide bonds. The predicted molar refractivity (Wildman–Crippen MR) is 220 cm³/mol. The third-order valence-corrected chi connectivity index (χ3v) is 17.3. The molecule has 0 bridgehead atoms. The number of amides is 2. The number of nitrogens with one attached hydrogen (secondary N) is 2. The summed E-state index contributed by atoms with van der Waals surface area (Å²) in [5, 5.41) is 17.5. The standard InChI is InChI=1S/C48H64N4O5/c1-30(27-49-7)35-16-22-48(43(56)50-25-19-31-10-9-11-32(26-31)41(54)52-29-34-13-12-33(28-51-34)42(55)57-8)24-23-46(5)36(40(35)48)14-15-38-45(4)20-18-39(53)44(2,3)37(45)17-21-47(38,46)6/h9-13,26-28,35-40,53H,14-25,29H2,1-6,8H3,(H,50,56)(H,52,54)/b30-27+/t35?,36?,37?,38?,39-,40?,45-,46+,47+,48-/m0/s1. The summed E-state index contributed by atoms with van der Waals surface area (Å²) in [7, 11) is 1.32. The number of allylic oxidation sites excluding steroid dienone is 1. The van der Waals surface area contributed by atoms with Crippen LogP contribution in [0.25, 0.3) is 4.85 Å². The van der Waals surface area contributed by atoms with Crippen molar-refractivity contribution < 1.29 is 24.2 Å². The van der Waals surface area contributed by atoms with Gasteiger partial charge in [-0.2, -0.15) is 0 Å². The summed E-state index contributed by atoms with van der Waals surface area (Å²) in [6.45, 7) is 22.9. The van der Waals surface area contributed by atoms with Crippen LogP contribution in [0.1, 0.15) is 138 Å². The van der Waals surface area contributed by atoms with E-state index in [1.165, 1.54) is 26.1 Å². The predicted octanol–water partition coefficient (Wildman–Crippen LogP) is 8.72. The molecule has 5 aliphatic rings. The molecule has 0 spiro atoms. The highest BCUT2D eigenvalue weighted by Crippen LogP contribution is 2.77. The number of hydrogen-bond donors (Lipinski definition) is 3. The van der Waals surface area contributed by atoms with E-state index in [4.69, 9.17) is 11.3 Å². The molecule has 306 valence electrons. The second-order valence-electron chi connectivity index (χ2n) is 19.8. The lowest BCUT2D eigenvalue weighted by Crippen LogP contribution is -2.67. The maximum absolute atomic E-state index is 14.8. The zero-order chi connectivity index (χ0) is 41.0. The summed E-state index contributed by atoms with van der Waals surface area (Å²) in [6.07, 6.45) is 13.8. The summed E-state index contributed by atoms with van der Waals surface area (Å²) in [4.78, 5) is 47.6. The highest BCUT2D eigenvalue weighted by molar-refractivity contribution is 5.94. The molecule has 9 nitrogen and oxygen atoms in total. The Kier molecular flexibility index (Phi) is 11.0. The normalized spacial score (nSPS) is 36.6. The number of pyridine rings is 1. The van der Waals surface area contributed by atoms with Crippen LogP contribution in [-0.4, -0.2) is 47.6 Å². The molecule has 1 aromatic carbocycles. The summed E-state index contributed by atoms with van der Waals surface area (Å²) in [5.74, 6) is 1.40. The Morgan fingerprint density at radius 2 is 1.70 bits per heavy atom. The fourth-order valence-electron chi connectivity index (χ4n) is 14.1. The molecule has 1 aromatic heterocycles. The number of nitrogens with zero attached hydrogens (tertiary/aromatic N) is 2. The molecule has 5 aliphatic carbocycles. The number of hydrogen-bond acceptors (Lipinski definition) is 6. The number of fused-ring (bicyclic) bond motifs is 7. The van der Waals surface area contributed by atoms with Crippen molar-refractivity contribution in [2.24, 2.45) is 56.7 Å². The van der Waals surface area contributed by atoms with Crippen molar-refractivity contribution in [3.8, 4) is 0 Å². The minimum atomic E-state index is -0.460. The molecular formula is C48H64N4O5. The van der Waals surface area contributed by atoms with Gasteiger partial charge in [-0.05, 0) is 152 Å². The van der Waals surface area contributed by atoms with Gasteiger partial charge >= 0.3 is 5.97 Å². The number of esters is 1. The van der Waals surface area contributed by atoms with E-state index in [-0.39, 0.29) is 58.0 Å². The average molecular weight is 777 g/mol. The highest BCUT2D eigenvalue weighted by Gasteiger charge is 2.71. The van der Waals surface area contributed by atoms with Crippen molar-refractivity contribution in [3.63, 3.8) is 0 Å². The van der Waals surface area contributed by atoms with Gasteiger partial charge in [0.15, 0.2) is 6.20 Å². The Labute approximate surface area is 340 Å². The maximum Gasteiger partial charge on any atom is 0.339 e. The molecule has 2 aromatic rings. The minimum Gasteiger partial charge on any atom is -0.465 e. The van der Waals surface area contributed by atoms with Crippen LogP contribution in [0.4, 0.5) is 0 Å². The van der Waals surface area contributed by atoms with Crippen LogP contribution in [0.15, 0.2) is 54.4 Å². The van der Waals surface area contributed by atoms with Gasteiger partial charge < -0.3 is 20.5 Å². The minimum absolute atomic E-state index is 0.0855. The second-order valence-corrected chi connectivity index (χ2v) is 19.8. The topological polar surface area (TPSA) is 122 Å². The lowest BCUT2D eigenvalue weighted by atomic mass is 9.32. The van der Waals surface area contributed by atoms with Gasteiger partial charge in [0.25, 0.3) is 5.91 Å². The van der Waals surface area contributed by atoms with Crippen molar-refractivity contribution in [1.29, 1.82) is 0 Å². The number of aliphatic hydroxyl groups excluding tert-OH is 1. The summed E-state index contributed by atoms with van der Waals surface area (Å²) < 4.78 is 4.73. The van der Waals surface area contributed by atoms with Crippen LogP contribution in [0, 0.1) is 63.2 Å². The first-order chi connectivity index (χ1) is 27.1. The van der Waals surface area contributed by atoms with E-state index in [2.05, 4.69) is 62.0 Å². The molecule has 3 N–H and O–H groups in total. The second kappa shape index (κ2) is 15.3. The quantitative estimate of drug-likeness (QED) is 0.173. The lowest BCUT2D eigenvalue weighted by Gasteiger charge is -2.72. The van der Waals surface area contributed by atoms with E-state index in [1.807, 2.05) is 18.2 Å². The van der Waals surface area contributed by atoms with Crippen molar-refractivity contribution in [3.05, 3.63) is 88.2 Å². The molecule has 9 heteroatoms. The fourth-order valence-corrected chi connectivity index (χ4v) is 14.1. The van der Waals surface area contributed by atoms with Crippen LogP contribution >= 0.6 is 0 Å². The summed E-state index contributed by atoms with van der Waals surface area (Å²) in [5.41, 5.74) is 3.50.